The Morgan fingerprint density at radius 2 is 2.00 bits per heavy atom. The lowest BCUT2D eigenvalue weighted by molar-refractivity contribution is 0.102. The molecule has 2 aromatic heterocycles. The molecule has 176 valence electrons. The van der Waals surface area contributed by atoms with Gasteiger partial charge in [0.2, 0.25) is 5.95 Å². The van der Waals surface area contributed by atoms with E-state index >= 15 is 4.39 Å². The number of hydrogen-bond donors (Lipinski definition) is 2. The van der Waals surface area contributed by atoms with Gasteiger partial charge in [-0.3, -0.25) is 4.79 Å². The number of nitrogens with zero attached hydrogens (tertiary/aromatic N) is 6. The second kappa shape index (κ2) is 8.92. The molecule has 12 heteroatoms. The number of halogens is 2. The van der Waals surface area contributed by atoms with Crippen LogP contribution in [-0.4, -0.2) is 44.9 Å². The smallest absolute Gasteiger partial charge is 0.274 e. The van der Waals surface area contributed by atoms with E-state index in [1.165, 1.54) is 42.2 Å². The molecular formula is C23H18F2N8OS. The molecule has 2 atom stereocenters. The van der Waals surface area contributed by atoms with E-state index in [4.69, 9.17) is 11.0 Å². The van der Waals surface area contributed by atoms with Gasteiger partial charge in [0.05, 0.1) is 24.5 Å². The van der Waals surface area contributed by atoms with Crippen molar-refractivity contribution in [1.82, 2.24) is 15.0 Å². The molecule has 0 saturated carbocycles. The molecule has 0 bridgehead atoms. The second-order valence-electron chi connectivity index (χ2n) is 8.16. The lowest BCUT2D eigenvalue weighted by Gasteiger charge is -2.35. The Morgan fingerprint density at radius 1 is 1.20 bits per heavy atom. The number of anilines is 2. The maximum Gasteiger partial charge on any atom is 0.274 e. The number of carbonyl (C=O) groups excluding carboxylic acids is 1. The fourth-order valence-corrected chi connectivity index (χ4v) is 5.32. The van der Waals surface area contributed by atoms with E-state index in [0.29, 0.717) is 34.7 Å². The number of nitrogens with one attached hydrogen (secondary N) is 1. The maximum atomic E-state index is 15.3. The van der Waals surface area contributed by atoms with Crippen molar-refractivity contribution < 1.29 is 13.6 Å². The summed E-state index contributed by atoms with van der Waals surface area (Å²) in [7, 11) is 0. The minimum absolute atomic E-state index is 0.114. The van der Waals surface area contributed by atoms with Gasteiger partial charge in [0, 0.05) is 35.7 Å². The third kappa shape index (κ3) is 4.26. The first kappa shape index (κ1) is 22.7. The van der Waals surface area contributed by atoms with Crippen molar-refractivity contribution in [3.05, 3.63) is 77.4 Å². The predicted molar refractivity (Wildman–Crippen MR) is 127 cm³/mol. The van der Waals surface area contributed by atoms with Gasteiger partial charge in [-0.25, -0.2) is 28.7 Å². The number of nitriles is 1. The van der Waals surface area contributed by atoms with Gasteiger partial charge in [-0.1, -0.05) is 11.8 Å². The third-order valence-electron chi connectivity index (χ3n) is 6.00. The SMILES string of the molecule is N#Cc1ccc(C(=O)Nc2ccc(F)c(C34CN(c5ncc(F)cn5)C[C@H]3CSC(N)=N4)c2)nc1. The van der Waals surface area contributed by atoms with Crippen LogP contribution >= 0.6 is 11.8 Å². The molecule has 4 heterocycles. The maximum absolute atomic E-state index is 15.3. The van der Waals surface area contributed by atoms with Gasteiger partial charge >= 0.3 is 0 Å². The van der Waals surface area contributed by atoms with Gasteiger partial charge in [0.15, 0.2) is 11.0 Å². The fourth-order valence-electron chi connectivity index (χ4n) is 4.34. The van der Waals surface area contributed by atoms with Crippen molar-refractivity contribution in [2.24, 2.45) is 16.6 Å². The number of rotatable bonds is 4. The molecule has 2 aliphatic rings. The Morgan fingerprint density at radius 3 is 2.71 bits per heavy atom. The molecule has 1 amide bonds. The molecule has 9 nitrogen and oxygen atoms in total. The number of nitrogens with two attached hydrogens (primary N) is 1. The van der Waals surface area contributed by atoms with Crippen LogP contribution in [0.2, 0.25) is 0 Å². The fraction of sp³-hybridized carbons (Fsp3) is 0.217. The average molecular weight is 493 g/mol. The Balaban J connectivity index is 1.48. The number of hydrogen-bond acceptors (Lipinski definition) is 9. The van der Waals surface area contributed by atoms with Crippen LogP contribution in [0.25, 0.3) is 0 Å². The summed E-state index contributed by atoms with van der Waals surface area (Å²) in [6.07, 6.45) is 3.46. The minimum atomic E-state index is -1.04. The van der Waals surface area contributed by atoms with Gasteiger partial charge in [0.25, 0.3) is 5.91 Å². The van der Waals surface area contributed by atoms with Gasteiger partial charge in [-0.05, 0) is 30.3 Å². The Labute approximate surface area is 203 Å². The summed E-state index contributed by atoms with van der Waals surface area (Å²) in [6, 6.07) is 9.14. The lowest BCUT2D eigenvalue weighted by atomic mass is 9.81. The molecule has 1 unspecified atom stereocenters. The Bertz CT molecular complexity index is 1360. The molecule has 3 N–H and O–H groups in total. The van der Waals surface area contributed by atoms with E-state index in [9.17, 15) is 9.18 Å². The summed E-state index contributed by atoms with van der Waals surface area (Å²) < 4.78 is 28.6. The highest BCUT2D eigenvalue weighted by Crippen LogP contribution is 2.47. The van der Waals surface area contributed by atoms with Crippen LogP contribution in [0.5, 0.6) is 0 Å². The number of aliphatic imine (C=N–C) groups is 1. The number of amides is 1. The standard InChI is InChI=1S/C23H18F2N8OS/c24-15-8-29-22(30-9-15)33-10-14-11-35-21(27)32-23(14,12-33)17-5-16(2-3-18(17)25)31-20(34)19-4-1-13(6-26)7-28-19/h1-5,7-9,14H,10-12H2,(H2,27,32)(H,31,34)/t14-,23?/m0/s1. The highest BCUT2D eigenvalue weighted by Gasteiger charge is 2.52. The van der Waals surface area contributed by atoms with E-state index in [-0.39, 0.29) is 23.7 Å². The first-order valence-corrected chi connectivity index (χ1v) is 11.5. The zero-order valence-corrected chi connectivity index (χ0v) is 19.0. The summed E-state index contributed by atoms with van der Waals surface area (Å²) in [5, 5.41) is 12.0. The van der Waals surface area contributed by atoms with Gasteiger partial charge < -0.3 is 16.0 Å². The molecule has 1 saturated heterocycles. The van der Waals surface area contributed by atoms with E-state index in [2.05, 4.69) is 25.3 Å². The number of pyridine rings is 1. The first-order chi connectivity index (χ1) is 16.9. The second-order valence-corrected chi connectivity index (χ2v) is 9.20. The van der Waals surface area contributed by atoms with Gasteiger partial charge in [-0.15, -0.1) is 0 Å². The molecule has 0 spiro atoms. The van der Waals surface area contributed by atoms with Crippen LogP contribution < -0.4 is 16.0 Å². The van der Waals surface area contributed by atoms with Crippen molar-refractivity contribution in [1.29, 1.82) is 5.26 Å². The topological polar surface area (TPSA) is 133 Å². The number of amidine groups is 1. The molecule has 35 heavy (non-hydrogen) atoms. The van der Waals surface area contributed by atoms with Crippen molar-refractivity contribution in [2.75, 3.05) is 29.1 Å². The molecule has 3 aromatic rings. The molecule has 1 fully saturated rings. The summed E-state index contributed by atoms with van der Waals surface area (Å²) >= 11 is 1.39. The van der Waals surface area contributed by atoms with Gasteiger partial charge in [-0.2, -0.15) is 5.26 Å². The largest absolute Gasteiger partial charge is 0.379 e. The highest BCUT2D eigenvalue weighted by atomic mass is 32.2. The lowest BCUT2D eigenvalue weighted by Crippen LogP contribution is -2.40. The number of carbonyl (C=O) groups is 1. The van der Waals surface area contributed by atoms with E-state index < -0.39 is 23.1 Å². The monoisotopic (exact) mass is 492 g/mol. The zero-order chi connectivity index (χ0) is 24.6. The predicted octanol–water partition coefficient (Wildman–Crippen LogP) is 2.67. The number of thioether (sulfide) groups is 1. The van der Waals surface area contributed by atoms with Crippen molar-refractivity contribution in [2.45, 2.75) is 5.54 Å². The van der Waals surface area contributed by atoms with Crippen LogP contribution in [0.1, 0.15) is 21.6 Å². The van der Waals surface area contributed by atoms with Gasteiger partial charge in [0.1, 0.15) is 23.1 Å². The highest BCUT2D eigenvalue weighted by molar-refractivity contribution is 8.13. The van der Waals surface area contributed by atoms with Crippen LogP contribution in [0.4, 0.5) is 20.4 Å². The Hall–Kier alpha value is -4.11. The average Bonchev–Trinajstić information content (AvgIpc) is 3.25. The zero-order valence-electron chi connectivity index (χ0n) is 18.2. The number of fused-ring (bicyclic) bond motifs is 1. The molecule has 0 radical (unpaired) electrons. The summed E-state index contributed by atoms with van der Waals surface area (Å²) in [5.74, 6) is -0.766. The summed E-state index contributed by atoms with van der Waals surface area (Å²) in [4.78, 5) is 31.3. The van der Waals surface area contributed by atoms with E-state index in [0.717, 1.165) is 12.4 Å². The normalized spacial score (nSPS) is 21.1. The molecule has 2 aliphatic heterocycles. The van der Waals surface area contributed by atoms with Crippen molar-refractivity contribution in [3.63, 3.8) is 0 Å². The number of benzene rings is 1. The quantitative estimate of drug-likeness (QED) is 0.568. The minimum Gasteiger partial charge on any atom is -0.379 e. The van der Waals surface area contributed by atoms with Crippen molar-refractivity contribution >= 4 is 34.5 Å². The van der Waals surface area contributed by atoms with Crippen LogP contribution in [0.15, 0.2) is 53.9 Å². The summed E-state index contributed by atoms with van der Waals surface area (Å²) in [6.45, 7) is 0.705. The van der Waals surface area contributed by atoms with Crippen LogP contribution in [0.3, 0.4) is 0 Å². The van der Waals surface area contributed by atoms with Crippen LogP contribution in [0, 0.1) is 28.9 Å². The van der Waals surface area contributed by atoms with Crippen LogP contribution in [-0.2, 0) is 5.54 Å². The third-order valence-corrected chi connectivity index (χ3v) is 6.95. The molecule has 1 aromatic carbocycles. The molecule has 0 aliphatic carbocycles. The van der Waals surface area contributed by atoms with Crippen molar-refractivity contribution in [3.8, 4) is 6.07 Å². The van der Waals surface area contributed by atoms with E-state index in [1.807, 2.05) is 11.0 Å². The first-order valence-electron chi connectivity index (χ1n) is 10.6. The molecular weight excluding hydrogens is 474 g/mol. The number of aromatic nitrogens is 3. The molecule has 5 rings (SSSR count). The Kier molecular flexibility index (Phi) is 5.78. The summed E-state index contributed by atoms with van der Waals surface area (Å²) in [5.41, 5.74) is 6.12. The van der Waals surface area contributed by atoms with E-state index in [1.54, 1.807) is 6.07 Å².